The molecule has 0 aliphatic carbocycles. The van der Waals surface area contributed by atoms with Crippen LogP contribution >= 0.6 is 11.6 Å². The number of piperazine rings is 1. The fourth-order valence-corrected chi connectivity index (χ4v) is 5.68. The molecule has 5 rings (SSSR count). The highest BCUT2D eigenvalue weighted by Crippen LogP contribution is 2.38. The van der Waals surface area contributed by atoms with Crippen molar-refractivity contribution in [3.63, 3.8) is 0 Å². The van der Waals surface area contributed by atoms with Crippen molar-refractivity contribution in [1.82, 2.24) is 35.3 Å². The first-order valence-corrected chi connectivity index (χ1v) is 13.5. The molecule has 1 amide bonds. The highest BCUT2D eigenvalue weighted by atomic mass is 35.5. The Kier molecular flexibility index (Phi) is 8.18. The topological polar surface area (TPSA) is 90.9 Å². The maximum Gasteiger partial charge on any atom is 0.222 e. The number of fused-ring (bicyclic) bond motifs is 1. The average Bonchev–Trinajstić information content (AvgIpc) is 3.63. The number of carbonyl (C=O) groups excluding carboxylic acids is 1. The van der Waals surface area contributed by atoms with E-state index in [-0.39, 0.29) is 11.4 Å². The summed E-state index contributed by atoms with van der Waals surface area (Å²) in [6.07, 6.45) is 8.70. The molecular weight excluding hydrogens is 486 g/mol. The molecule has 1 saturated heterocycles. The van der Waals surface area contributed by atoms with Gasteiger partial charge in [-0.2, -0.15) is 0 Å². The number of nitrogens with one attached hydrogen (secondary N) is 3. The number of hydrogen-bond acceptors (Lipinski definition) is 5. The lowest BCUT2D eigenvalue weighted by molar-refractivity contribution is -0.124. The van der Waals surface area contributed by atoms with Crippen LogP contribution in [0.5, 0.6) is 0 Å². The third kappa shape index (κ3) is 5.71. The summed E-state index contributed by atoms with van der Waals surface area (Å²) < 4.78 is 1.92. The van der Waals surface area contributed by atoms with E-state index < -0.39 is 0 Å². The monoisotopic (exact) mass is 519 g/mol. The molecule has 4 aromatic rings. The Morgan fingerprint density at radius 1 is 1.08 bits per heavy atom. The molecular formula is C28H34ClN7O. The Bertz CT molecular complexity index is 1280. The van der Waals surface area contributed by atoms with E-state index in [0.717, 1.165) is 56.6 Å². The molecule has 194 valence electrons. The second-order valence-electron chi connectivity index (χ2n) is 9.62. The fourth-order valence-electron chi connectivity index (χ4n) is 5.58. The second-order valence-corrected chi connectivity index (χ2v) is 9.99. The molecule has 9 heteroatoms. The third-order valence-electron chi connectivity index (χ3n) is 7.41. The molecule has 8 nitrogen and oxygen atoms in total. The largest absolute Gasteiger partial charge is 0.361 e. The lowest BCUT2D eigenvalue weighted by Gasteiger charge is -2.46. The minimum atomic E-state index is -0.375. The van der Waals surface area contributed by atoms with Crippen LogP contribution in [-0.2, 0) is 16.8 Å². The number of carbonyl (C=O) groups is 1. The van der Waals surface area contributed by atoms with E-state index in [1.165, 1.54) is 16.5 Å². The molecule has 0 saturated carbocycles. The van der Waals surface area contributed by atoms with Gasteiger partial charge in [-0.3, -0.25) is 14.3 Å². The van der Waals surface area contributed by atoms with Gasteiger partial charge in [-0.25, -0.2) is 0 Å². The number of alkyl halides is 1. The number of aryl methyl sites for hydroxylation is 1. The van der Waals surface area contributed by atoms with Gasteiger partial charge < -0.3 is 15.6 Å². The van der Waals surface area contributed by atoms with Gasteiger partial charge in [0.25, 0.3) is 0 Å². The number of aromatic amines is 1. The number of nitrogens with zero attached hydrogens (tertiary/aromatic N) is 4. The molecule has 1 aliphatic rings. The summed E-state index contributed by atoms with van der Waals surface area (Å²) in [5.41, 5.74) is 4.25. The Balaban J connectivity index is 1.41. The van der Waals surface area contributed by atoms with Crippen LogP contribution in [0.15, 0.2) is 67.4 Å². The average molecular weight is 520 g/mol. The van der Waals surface area contributed by atoms with Gasteiger partial charge in [0.05, 0.1) is 5.54 Å². The number of rotatable bonds is 11. The SMILES string of the molecule is O=C(CC(CCCc1c[nH]c2ccc(-n3cnnc3)cc12)(c1ccccc1)N1CCNCC1)NCCCl. The smallest absolute Gasteiger partial charge is 0.222 e. The molecule has 0 bridgehead atoms. The molecule has 2 aromatic carbocycles. The Labute approximate surface area is 222 Å². The standard InChI is InChI=1S/C28H34ClN7O/c29-11-12-31-27(37)18-28(23-6-2-1-3-7-23,36-15-13-30-14-16-36)10-4-5-22-19-32-26-9-8-24(17-25(22)26)35-20-33-34-21-35/h1-3,6-9,17,19-21,30,32H,4-5,10-16,18H2,(H,31,37). The molecule has 37 heavy (non-hydrogen) atoms. The maximum absolute atomic E-state index is 13.1. The van der Waals surface area contributed by atoms with E-state index in [9.17, 15) is 4.79 Å². The normalized spacial score (nSPS) is 16.0. The molecule has 0 radical (unpaired) electrons. The van der Waals surface area contributed by atoms with Crippen molar-refractivity contribution in [3.8, 4) is 5.69 Å². The summed E-state index contributed by atoms with van der Waals surface area (Å²) in [5, 5.41) is 15.6. The van der Waals surface area contributed by atoms with E-state index in [1.54, 1.807) is 12.7 Å². The zero-order valence-electron chi connectivity index (χ0n) is 21.0. The van der Waals surface area contributed by atoms with Crippen molar-refractivity contribution >= 4 is 28.4 Å². The summed E-state index contributed by atoms with van der Waals surface area (Å²) in [6.45, 7) is 4.15. The van der Waals surface area contributed by atoms with Gasteiger partial charge >= 0.3 is 0 Å². The van der Waals surface area contributed by atoms with Crippen molar-refractivity contribution in [1.29, 1.82) is 0 Å². The summed E-state index contributed by atoms with van der Waals surface area (Å²) in [4.78, 5) is 19.1. The van der Waals surface area contributed by atoms with Crippen LogP contribution in [0.25, 0.3) is 16.6 Å². The second kappa shape index (κ2) is 11.9. The number of amides is 1. The van der Waals surface area contributed by atoms with Crippen LogP contribution < -0.4 is 10.6 Å². The molecule has 2 aromatic heterocycles. The highest BCUT2D eigenvalue weighted by molar-refractivity contribution is 6.18. The van der Waals surface area contributed by atoms with Crippen molar-refractivity contribution in [2.75, 3.05) is 38.6 Å². The zero-order valence-corrected chi connectivity index (χ0v) is 21.8. The van der Waals surface area contributed by atoms with E-state index in [1.807, 2.05) is 10.6 Å². The van der Waals surface area contributed by atoms with Gasteiger partial charge in [-0.1, -0.05) is 30.3 Å². The molecule has 1 fully saturated rings. The number of halogens is 1. The van der Waals surface area contributed by atoms with Crippen LogP contribution in [0.4, 0.5) is 0 Å². The van der Waals surface area contributed by atoms with E-state index >= 15 is 0 Å². The van der Waals surface area contributed by atoms with Gasteiger partial charge in [0, 0.05) is 67.8 Å². The quantitative estimate of drug-likeness (QED) is 0.263. The Hall–Kier alpha value is -3.20. The van der Waals surface area contributed by atoms with Crippen LogP contribution in [0.1, 0.15) is 30.4 Å². The summed E-state index contributed by atoms with van der Waals surface area (Å²) in [5.74, 6) is 0.462. The predicted molar refractivity (Wildman–Crippen MR) is 147 cm³/mol. The number of benzene rings is 2. The van der Waals surface area contributed by atoms with Gasteiger partial charge in [0.2, 0.25) is 5.91 Å². The molecule has 1 atom stereocenters. The first-order chi connectivity index (χ1) is 18.2. The molecule has 0 spiro atoms. The number of aromatic nitrogens is 4. The minimum absolute atomic E-state index is 0.0497. The van der Waals surface area contributed by atoms with Gasteiger partial charge in [-0.05, 0) is 48.6 Å². The first-order valence-electron chi connectivity index (χ1n) is 13.0. The van der Waals surface area contributed by atoms with Crippen molar-refractivity contribution in [2.45, 2.75) is 31.2 Å². The molecule has 3 heterocycles. The van der Waals surface area contributed by atoms with Crippen LogP contribution in [0.3, 0.4) is 0 Å². The lowest BCUT2D eigenvalue weighted by atomic mass is 9.79. The van der Waals surface area contributed by atoms with Crippen LogP contribution in [0.2, 0.25) is 0 Å². The fraction of sp³-hybridized carbons (Fsp3) is 0.393. The Morgan fingerprint density at radius 2 is 1.86 bits per heavy atom. The molecule has 3 N–H and O–H groups in total. The number of H-pyrrole nitrogens is 1. The predicted octanol–water partition coefficient (Wildman–Crippen LogP) is 3.62. The summed E-state index contributed by atoms with van der Waals surface area (Å²) in [6, 6.07) is 16.9. The highest BCUT2D eigenvalue weighted by Gasteiger charge is 2.40. The van der Waals surface area contributed by atoms with E-state index in [4.69, 9.17) is 11.6 Å². The maximum atomic E-state index is 13.1. The zero-order chi connectivity index (χ0) is 25.5. The first kappa shape index (κ1) is 25.4. The van der Waals surface area contributed by atoms with Crippen LogP contribution in [0, 0.1) is 0 Å². The summed E-state index contributed by atoms with van der Waals surface area (Å²) in [7, 11) is 0. The van der Waals surface area contributed by atoms with E-state index in [2.05, 4.69) is 79.4 Å². The van der Waals surface area contributed by atoms with Crippen molar-refractivity contribution in [2.24, 2.45) is 0 Å². The Morgan fingerprint density at radius 3 is 2.62 bits per heavy atom. The van der Waals surface area contributed by atoms with Gasteiger partial charge in [0.1, 0.15) is 12.7 Å². The summed E-state index contributed by atoms with van der Waals surface area (Å²) >= 11 is 5.87. The number of hydrogen-bond donors (Lipinski definition) is 3. The lowest BCUT2D eigenvalue weighted by Crippen LogP contribution is -2.56. The molecule has 1 unspecified atom stereocenters. The van der Waals surface area contributed by atoms with E-state index in [0.29, 0.717) is 18.8 Å². The van der Waals surface area contributed by atoms with Gasteiger partial charge in [0.15, 0.2) is 0 Å². The van der Waals surface area contributed by atoms with Crippen molar-refractivity contribution < 1.29 is 4.79 Å². The molecule has 1 aliphatic heterocycles. The van der Waals surface area contributed by atoms with Crippen LogP contribution in [-0.4, -0.2) is 69.2 Å². The minimum Gasteiger partial charge on any atom is -0.361 e. The van der Waals surface area contributed by atoms with Crippen molar-refractivity contribution in [3.05, 3.63) is 78.5 Å². The third-order valence-corrected chi connectivity index (χ3v) is 7.60. The van der Waals surface area contributed by atoms with Gasteiger partial charge in [-0.15, -0.1) is 21.8 Å².